The van der Waals surface area contributed by atoms with Crippen LogP contribution in [0.2, 0.25) is 0 Å². The molecule has 1 aliphatic rings. The van der Waals surface area contributed by atoms with E-state index in [0.29, 0.717) is 6.61 Å². The van der Waals surface area contributed by atoms with Gasteiger partial charge in [0.25, 0.3) is 0 Å². The molecule has 1 unspecified atom stereocenters. The van der Waals surface area contributed by atoms with E-state index < -0.39 is 5.41 Å². The van der Waals surface area contributed by atoms with E-state index in [2.05, 4.69) is 64.3 Å². The van der Waals surface area contributed by atoms with Crippen molar-refractivity contribution in [1.29, 1.82) is 0 Å². The maximum Gasteiger partial charge on any atom is 0.312 e. The van der Waals surface area contributed by atoms with Gasteiger partial charge in [0.2, 0.25) is 0 Å². The van der Waals surface area contributed by atoms with Gasteiger partial charge in [0.1, 0.15) is 5.75 Å². The lowest BCUT2D eigenvalue weighted by atomic mass is 9.97. The van der Waals surface area contributed by atoms with Crippen LogP contribution in [0.25, 0.3) is 0 Å². The minimum atomic E-state index is -0.497. The smallest absolute Gasteiger partial charge is 0.312 e. The monoisotopic (exact) mass is 493 g/mol. The fourth-order valence-corrected chi connectivity index (χ4v) is 3.43. The maximum atomic E-state index is 12.1. The predicted octanol–water partition coefficient (Wildman–Crippen LogP) is 4.79. The van der Waals surface area contributed by atoms with Gasteiger partial charge in [0.15, 0.2) is 6.23 Å². The van der Waals surface area contributed by atoms with Crippen molar-refractivity contribution in [3.8, 4) is 5.75 Å². The average molecular weight is 493 g/mol. The molecule has 2 aromatic rings. The summed E-state index contributed by atoms with van der Waals surface area (Å²) in [6, 6.07) is 16.8. The van der Waals surface area contributed by atoms with Crippen molar-refractivity contribution >= 4 is 28.6 Å². The van der Waals surface area contributed by atoms with E-state index in [0.717, 1.165) is 25.1 Å². The fourth-order valence-electron chi connectivity index (χ4n) is 3.07. The van der Waals surface area contributed by atoms with Gasteiger partial charge in [-0.05, 0) is 98.1 Å². The lowest BCUT2D eigenvalue weighted by Crippen LogP contribution is -2.38. The van der Waals surface area contributed by atoms with E-state index in [-0.39, 0.29) is 18.1 Å². The zero-order valence-electron chi connectivity index (χ0n) is 16.7. The van der Waals surface area contributed by atoms with Gasteiger partial charge in [0.05, 0.1) is 12.0 Å². The quantitative estimate of drug-likeness (QED) is 0.465. The Morgan fingerprint density at radius 2 is 1.68 bits per heavy atom. The van der Waals surface area contributed by atoms with Crippen molar-refractivity contribution in [2.45, 2.75) is 39.8 Å². The third kappa shape index (κ3) is 5.95. The summed E-state index contributed by atoms with van der Waals surface area (Å²) in [5.41, 5.74) is 2.06. The normalized spacial score (nSPS) is 19.4. The van der Waals surface area contributed by atoms with E-state index in [1.165, 1.54) is 14.7 Å². The van der Waals surface area contributed by atoms with Crippen LogP contribution >= 0.6 is 22.6 Å². The summed E-state index contributed by atoms with van der Waals surface area (Å²) in [5, 5.41) is 3.26. The Morgan fingerprint density at radius 1 is 1.07 bits per heavy atom. The molecule has 0 saturated carbocycles. The minimum Gasteiger partial charge on any atom is -0.493 e. The second kappa shape index (κ2) is 9.27. The van der Waals surface area contributed by atoms with Gasteiger partial charge in [-0.25, -0.2) is 0 Å². The van der Waals surface area contributed by atoms with Gasteiger partial charge < -0.3 is 9.47 Å². The van der Waals surface area contributed by atoms with Gasteiger partial charge in [-0.2, -0.15) is 0 Å². The Labute approximate surface area is 181 Å². The van der Waals surface area contributed by atoms with E-state index in [1.807, 2.05) is 32.9 Å². The summed E-state index contributed by atoms with van der Waals surface area (Å²) in [5.74, 6) is 0.828. The molecule has 150 valence electrons. The number of esters is 1. The summed E-state index contributed by atoms with van der Waals surface area (Å²) >= 11 is 2.32. The van der Waals surface area contributed by atoms with Crippen molar-refractivity contribution in [1.82, 2.24) is 5.32 Å². The summed E-state index contributed by atoms with van der Waals surface area (Å²) in [6.07, 6.45) is 1.58. The third-order valence-electron chi connectivity index (χ3n) is 4.84. The number of halogens is 1. The number of rotatable bonds is 6. The summed E-state index contributed by atoms with van der Waals surface area (Å²) in [7, 11) is 0. The number of carbonyl (C=O) groups is 1. The molecule has 28 heavy (non-hydrogen) atoms. The molecule has 3 rings (SSSR count). The Balaban J connectivity index is 1.51. The van der Waals surface area contributed by atoms with Crippen molar-refractivity contribution in [3.05, 3.63) is 63.2 Å². The highest BCUT2D eigenvalue weighted by molar-refractivity contribution is 14.1. The first-order valence-corrected chi connectivity index (χ1v) is 10.8. The number of hydrogen-bond acceptors (Lipinski definition) is 4. The summed E-state index contributed by atoms with van der Waals surface area (Å²) < 4.78 is 12.9. The topological polar surface area (TPSA) is 47.6 Å². The summed E-state index contributed by atoms with van der Waals surface area (Å²) in [4.78, 5) is 12.1. The molecule has 2 atom stereocenters. The Morgan fingerprint density at radius 3 is 2.29 bits per heavy atom. The van der Waals surface area contributed by atoms with Gasteiger partial charge >= 0.3 is 5.97 Å². The zero-order valence-corrected chi connectivity index (χ0v) is 18.9. The molecular formula is C23H28INO3. The lowest BCUT2D eigenvalue weighted by molar-refractivity contribution is -0.162. The SMILES string of the molecule is CC(C)(C)C(=O)OC1NCC[C@H]1COc1ccc(Cc2ccc(I)cc2)cc1. The molecule has 0 aromatic heterocycles. The molecule has 0 spiro atoms. The molecule has 1 fully saturated rings. The zero-order chi connectivity index (χ0) is 20.1. The van der Waals surface area contributed by atoms with Crippen LogP contribution < -0.4 is 10.1 Å². The Kier molecular flexibility index (Phi) is 6.99. The predicted molar refractivity (Wildman–Crippen MR) is 119 cm³/mol. The van der Waals surface area contributed by atoms with Gasteiger partial charge in [0, 0.05) is 9.49 Å². The fraction of sp³-hybridized carbons (Fsp3) is 0.435. The first-order valence-electron chi connectivity index (χ1n) is 9.72. The van der Waals surface area contributed by atoms with Gasteiger partial charge in [-0.15, -0.1) is 0 Å². The van der Waals surface area contributed by atoms with E-state index in [1.54, 1.807) is 0 Å². The number of carbonyl (C=O) groups excluding carboxylic acids is 1. The molecule has 5 heteroatoms. The van der Waals surface area contributed by atoms with Crippen LogP contribution in [0.5, 0.6) is 5.75 Å². The number of nitrogens with one attached hydrogen (secondary N) is 1. The molecular weight excluding hydrogens is 465 g/mol. The van der Waals surface area contributed by atoms with Crippen LogP contribution in [0.15, 0.2) is 48.5 Å². The van der Waals surface area contributed by atoms with E-state index in [4.69, 9.17) is 9.47 Å². The highest BCUT2D eigenvalue weighted by Gasteiger charge is 2.34. The molecule has 1 N–H and O–H groups in total. The average Bonchev–Trinajstić information content (AvgIpc) is 3.09. The van der Waals surface area contributed by atoms with Crippen molar-refractivity contribution in [3.63, 3.8) is 0 Å². The lowest BCUT2D eigenvalue weighted by Gasteiger charge is -2.24. The largest absolute Gasteiger partial charge is 0.493 e. The Hall–Kier alpha value is -1.60. The molecule has 2 aromatic carbocycles. The maximum absolute atomic E-state index is 12.1. The highest BCUT2D eigenvalue weighted by atomic mass is 127. The van der Waals surface area contributed by atoms with Crippen LogP contribution in [-0.2, 0) is 16.0 Å². The van der Waals surface area contributed by atoms with Crippen LogP contribution in [0.1, 0.15) is 38.3 Å². The molecule has 0 aliphatic carbocycles. The second-order valence-corrected chi connectivity index (χ2v) is 9.58. The Bertz CT molecular complexity index is 781. The van der Waals surface area contributed by atoms with E-state index >= 15 is 0 Å². The number of ether oxygens (including phenoxy) is 2. The van der Waals surface area contributed by atoms with Crippen LogP contribution in [-0.4, -0.2) is 25.3 Å². The van der Waals surface area contributed by atoms with Gasteiger partial charge in [-0.1, -0.05) is 24.3 Å². The minimum absolute atomic E-state index is 0.165. The first-order chi connectivity index (χ1) is 13.3. The van der Waals surface area contributed by atoms with Crippen LogP contribution in [0.4, 0.5) is 0 Å². The third-order valence-corrected chi connectivity index (χ3v) is 5.56. The van der Waals surface area contributed by atoms with Crippen molar-refractivity contribution in [2.75, 3.05) is 13.2 Å². The standard InChI is InChI=1S/C23H28INO3/c1-23(2,3)22(26)28-21-18(12-13-25-21)15-27-20-10-6-17(7-11-20)14-16-4-8-19(24)9-5-16/h4-11,18,21,25H,12-15H2,1-3H3/t18-,21?/m0/s1. The van der Waals surface area contributed by atoms with Crippen LogP contribution in [0.3, 0.4) is 0 Å². The summed E-state index contributed by atoms with van der Waals surface area (Å²) in [6.45, 7) is 6.98. The van der Waals surface area contributed by atoms with Gasteiger partial charge in [-0.3, -0.25) is 10.1 Å². The van der Waals surface area contributed by atoms with Crippen LogP contribution in [0, 0.1) is 14.9 Å². The number of benzene rings is 2. The molecule has 1 heterocycles. The molecule has 1 saturated heterocycles. The highest BCUT2D eigenvalue weighted by Crippen LogP contribution is 2.24. The number of hydrogen-bond donors (Lipinski definition) is 1. The molecule has 0 bridgehead atoms. The van der Waals surface area contributed by atoms with Crippen molar-refractivity contribution < 1.29 is 14.3 Å². The first kappa shape index (κ1) is 21.1. The van der Waals surface area contributed by atoms with E-state index in [9.17, 15) is 4.79 Å². The molecule has 0 radical (unpaired) electrons. The molecule has 1 aliphatic heterocycles. The van der Waals surface area contributed by atoms with Crippen molar-refractivity contribution in [2.24, 2.45) is 11.3 Å². The molecule has 0 amide bonds. The molecule has 4 nitrogen and oxygen atoms in total. The second-order valence-electron chi connectivity index (χ2n) is 8.34.